The summed E-state index contributed by atoms with van der Waals surface area (Å²) in [6.07, 6.45) is 14.6. The summed E-state index contributed by atoms with van der Waals surface area (Å²) < 4.78 is 12.9. The van der Waals surface area contributed by atoms with E-state index in [4.69, 9.17) is 34.9 Å². The van der Waals surface area contributed by atoms with Crippen molar-refractivity contribution >= 4 is 162 Å². The zero-order valence-corrected chi connectivity index (χ0v) is 83.0. The van der Waals surface area contributed by atoms with Gasteiger partial charge >= 0.3 is 0 Å². The van der Waals surface area contributed by atoms with Crippen LogP contribution in [0.25, 0.3) is 234 Å². The number of halogens is 4. The summed E-state index contributed by atoms with van der Waals surface area (Å²) in [5, 5.41) is 10.1. The van der Waals surface area contributed by atoms with Crippen molar-refractivity contribution < 1.29 is 0 Å². The predicted octanol–water partition coefficient (Wildman–Crippen LogP) is 32.7. The van der Waals surface area contributed by atoms with Gasteiger partial charge in [-0.25, -0.2) is 39.9 Å². The number of fused-ring (bicyclic) bond motifs is 13. The second-order valence-corrected chi connectivity index (χ2v) is 38.2. The summed E-state index contributed by atoms with van der Waals surface area (Å²) in [5.74, 6) is 0.619. The average Bonchev–Trinajstić information content (AvgIpc) is 1.65. The summed E-state index contributed by atoms with van der Waals surface area (Å²) in [6.45, 7) is 0. The summed E-state index contributed by atoms with van der Waals surface area (Å²) in [6, 6.07) is 146. The van der Waals surface area contributed by atoms with Crippen molar-refractivity contribution in [3.63, 3.8) is 0 Å². The topological polar surface area (TPSA) is 174 Å². The SMILES string of the molecule is Brc1ccc2c(c1)c1cccnc1n2-c1cccc(-c2cc(-c3ccccc3)cc(-c3ccccc3)n2)c1.Brc1ccc2c(c1)c1cccnc1n2-c1cccc(-c2cc(-c3ccccn3)cc(-c3ccccn3)c2)c1.Brc1ccc2c(c1)c1cccnc1n2-c1cccc(-c2cc(-c3ccccn3)nc(-c3ccccn3)c2)c1.Brc1ccc2c(c1)c1cccnc1n2-c1nc(-c2ccccc2)c2ccccc2n1. The molecule has 0 atom stereocenters. The maximum absolute atomic E-state index is 5.13. The molecule has 16 nitrogen and oxygen atoms in total. The van der Waals surface area contributed by atoms with Crippen LogP contribution >= 0.6 is 63.7 Å². The zero-order valence-electron chi connectivity index (χ0n) is 76.7. The van der Waals surface area contributed by atoms with E-state index >= 15 is 0 Å². The fraction of sp³-hybridized carbons (Fsp3) is 0. The van der Waals surface area contributed by atoms with E-state index in [2.05, 4.69) is 380 Å². The van der Waals surface area contributed by atoms with Crippen LogP contribution in [0.3, 0.4) is 0 Å². The second-order valence-electron chi connectivity index (χ2n) is 34.5. The van der Waals surface area contributed by atoms with Crippen molar-refractivity contribution in [3.05, 3.63) is 492 Å². The minimum Gasteiger partial charge on any atom is -0.294 e. The molecule has 0 aliphatic heterocycles. The lowest BCUT2D eigenvalue weighted by atomic mass is 9.96. The number of pyridine rings is 10. The van der Waals surface area contributed by atoms with Crippen molar-refractivity contribution in [1.29, 1.82) is 0 Å². The van der Waals surface area contributed by atoms with Gasteiger partial charge in [0.1, 0.15) is 22.6 Å². The minimum atomic E-state index is 0.619. The molecule has 20 heteroatoms. The summed E-state index contributed by atoms with van der Waals surface area (Å²) >= 11 is 14.5. The van der Waals surface area contributed by atoms with Gasteiger partial charge in [-0.2, -0.15) is 0 Å². The third-order valence-electron chi connectivity index (χ3n) is 25.6. The molecule has 27 aromatic rings. The first-order chi connectivity index (χ1) is 71.0. The Balaban J connectivity index is 0.000000104. The molecule has 0 spiro atoms. The Morgan fingerprint density at radius 2 is 0.472 bits per heavy atom. The van der Waals surface area contributed by atoms with Crippen molar-refractivity contribution in [1.82, 2.24) is 78.1 Å². The molecule has 0 saturated carbocycles. The lowest BCUT2D eigenvalue weighted by Gasteiger charge is -2.13. The average molecular weight is 2110 g/mol. The fourth-order valence-corrected chi connectivity index (χ4v) is 20.5. The van der Waals surface area contributed by atoms with Gasteiger partial charge < -0.3 is 0 Å². The van der Waals surface area contributed by atoms with E-state index < -0.39 is 0 Å². The number of nitrogens with zero attached hydrogens (tertiary/aromatic N) is 16. The highest BCUT2D eigenvalue weighted by atomic mass is 79.9. The maximum Gasteiger partial charge on any atom is 0.237 e. The highest BCUT2D eigenvalue weighted by Crippen LogP contribution is 2.43. The third-order valence-corrected chi connectivity index (χ3v) is 27.6. The predicted molar refractivity (Wildman–Crippen MR) is 599 cm³/mol. The number of rotatable bonds is 14. The van der Waals surface area contributed by atoms with E-state index in [0.29, 0.717) is 5.95 Å². The molecule has 12 aromatic carbocycles. The monoisotopic (exact) mass is 2110 g/mol. The molecule has 0 amide bonds. The van der Waals surface area contributed by atoms with Crippen LogP contribution in [0.5, 0.6) is 0 Å². The Bertz CT molecular complexity index is 8670. The Labute approximate surface area is 860 Å². The van der Waals surface area contributed by atoms with Gasteiger partial charge in [0.2, 0.25) is 5.95 Å². The molecule has 15 heterocycles. The first-order valence-corrected chi connectivity index (χ1v) is 50.0. The third kappa shape index (κ3) is 17.7. The van der Waals surface area contributed by atoms with E-state index in [9.17, 15) is 0 Å². The molecule has 0 aliphatic rings. The first kappa shape index (κ1) is 89.2. The Morgan fingerprint density at radius 3 is 0.903 bits per heavy atom. The van der Waals surface area contributed by atoms with E-state index in [0.717, 1.165) is 230 Å². The number of hydrogen-bond acceptors (Lipinski definition) is 12. The molecular formula is C124H78Br4N16. The molecule has 15 aromatic heterocycles. The molecule has 144 heavy (non-hydrogen) atoms. The lowest BCUT2D eigenvalue weighted by molar-refractivity contribution is 0.997. The summed E-state index contributed by atoms with van der Waals surface area (Å²) in [5.41, 5.74) is 32.0. The molecule has 0 unspecified atom stereocenters. The molecule has 0 radical (unpaired) electrons. The van der Waals surface area contributed by atoms with Gasteiger partial charge in [-0.3, -0.25) is 38.2 Å². The van der Waals surface area contributed by atoms with Gasteiger partial charge in [0.05, 0.1) is 78.8 Å². The van der Waals surface area contributed by atoms with Gasteiger partial charge in [-0.15, -0.1) is 0 Å². The lowest BCUT2D eigenvalue weighted by Crippen LogP contribution is -2.04. The standard InChI is InChI=1S/C34H22BrN3.C33H21BrN4.C32H20BrN5.C25H15BrN4/c35-27-16-17-33-30(22-27)29-15-8-18-36-34(29)38(33)28-14-7-13-25(19-28)32-21-26(23-9-3-1-4-10-23)20-31(37-32)24-11-5-2-6-12-24;34-26-12-13-32-29(21-26)28-9-6-16-37-33(28)38(32)27-8-5-7-22(20-27)23-17-24(30-10-1-3-14-35-30)19-25(18-23)31-11-2-4-15-36-31;33-23-12-13-31-26(20-23)25-9-6-16-36-32(25)38(31)24-8-5-7-21(17-24)22-18-29(27-10-1-3-14-34-27)37-30(19-22)28-11-2-4-15-35-28;26-17-12-13-22-20(15-17)18-10-6-14-27-24(18)30(22)25-28-21-11-5-4-9-19(21)23(29-25)16-7-2-1-3-8-16/h1-22H;1-21H;1-20H;1-15H. The molecule has 0 aliphatic carbocycles. The zero-order chi connectivity index (χ0) is 96.5. The maximum atomic E-state index is 5.13. The highest BCUT2D eigenvalue weighted by Gasteiger charge is 2.24. The number of hydrogen-bond donors (Lipinski definition) is 0. The highest BCUT2D eigenvalue weighted by molar-refractivity contribution is 9.11. The van der Waals surface area contributed by atoms with Crippen LogP contribution in [0, 0.1) is 0 Å². The Hall–Kier alpha value is -17.4. The van der Waals surface area contributed by atoms with Crippen LogP contribution in [0.1, 0.15) is 0 Å². The van der Waals surface area contributed by atoms with Gasteiger partial charge in [0.25, 0.3) is 0 Å². The normalized spacial score (nSPS) is 11.3. The van der Waals surface area contributed by atoms with Gasteiger partial charge in [0, 0.05) is 161 Å². The molecule has 682 valence electrons. The van der Waals surface area contributed by atoms with Crippen molar-refractivity contribution in [3.8, 4) is 135 Å². The van der Waals surface area contributed by atoms with Crippen molar-refractivity contribution in [2.45, 2.75) is 0 Å². The van der Waals surface area contributed by atoms with Gasteiger partial charge in [-0.1, -0.05) is 234 Å². The van der Waals surface area contributed by atoms with Crippen LogP contribution in [0.4, 0.5) is 0 Å². The number of aromatic nitrogens is 16. The molecular weight excluding hydrogens is 2030 g/mol. The van der Waals surface area contributed by atoms with Crippen molar-refractivity contribution in [2.75, 3.05) is 0 Å². The largest absolute Gasteiger partial charge is 0.294 e. The fourth-order valence-electron chi connectivity index (χ4n) is 19.1. The Morgan fingerprint density at radius 1 is 0.160 bits per heavy atom. The Kier molecular flexibility index (Phi) is 24.4. The first-order valence-electron chi connectivity index (χ1n) is 46.8. The molecule has 0 N–H and O–H groups in total. The second kappa shape index (κ2) is 39.4. The number of para-hydroxylation sites is 1. The minimum absolute atomic E-state index is 0.619. The van der Waals surface area contributed by atoms with Crippen LogP contribution in [0.15, 0.2) is 492 Å². The smallest absolute Gasteiger partial charge is 0.237 e. The van der Waals surface area contributed by atoms with E-state index in [-0.39, 0.29) is 0 Å². The van der Waals surface area contributed by atoms with Gasteiger partial charge in [0.15, 0.2) is 0 Å². The number of benzene rings is 12. The molecule has 0 saturated heterocycles. The quantitative estimate of drug-likeness (QED) is 0.101. The van der Waals surface area contributed by atoms with Crippen molar-refractivity contribution in [2.24, 2.45) is 0 Å². The summed E-state index contributed by atoms with van der Waals surface area (Å²) in [7, 11) is 0. The van der Waals surface area contributed by atoms with E-state index in [1.165, 1.54) is 16.3 Å². The summed E-state index contributed by atoms with van der Waals surface area (Å²) in [4.78, 5) is 57.3. The molecule has 27 rings (SSSR count). The van der Waals surface area contributed by atoms with E-state index in [1.807, 2.05) is 189 Å². The van der Waals surface area contributed by atoms with Gasteiger partial charge in [-0.05, 0) is 288 Å². The van der Waals surface area contributed by atoms with Crippen LogP contribution in [-0.4, -0.2) is 78.1 Å². The molecule has 0 fully saturated rings. The van der Waals surface area contributed by atoms with E-state index in [1.54, 1.807) is 12.4 Å². The van der Waals surface area contributed by atoms with Crippen LogP contribution in [0.2, 0.25) is 0 Å². The molecule has 0 bridgehead atoms. The van der Waals surface area contributed by atoms with Crippen LogP contribution < -0.4 is 0 Å². The van der Waals surface area contributed by atoms with Crippen LogP contribution in [-0.2, 0) is 0 Å².